The Labute approximate surface area is 163 Å². The number of carbonyl (C=O) groups is 2. The summed E-state index contributed by atoms with van der Waals surface area (Å²) < 4.78 is 0. The van der Waals surface area contributed by atoms with Gasteiger partial charge in [0.2, 0.25) is 5.91 Å². The first-order valence-electron chi connectivity index (χ1n) is 9.79. The summed E-state index contributed by atoms with van der Waals surface area (Å²) in [4.78, 5) is 33.5. The van der Waals surface area contributed by atoms with Crippen molar-refractivity contribution >= 4 is 23.2 Å². The molecule has 142 valence electrons. The van der Waals surface area contributed by atoms with E-state index < -0.39 is 0 Å². The van der Waals surface area contributed by atoms with Gasteiger partial charge in [-0.15, -0.1) is 11.3 Å². The third kappa shape index (κ3) is 4.21. The molecule has 0 aromatic carbocycles. The van der Waals surface area contributed by atoms with Crippen LogP contribution in [0.5, 0.6) is 0 Å². The molecule has 1 N–H and O–H groups in total. The van der Waals surface area contributed by atoms with Crippen molar-refractivity contribution in [2.75, 3.05) is 19.6 Å². The third-order valence-corrected chi connectivity index (χ3v) is 6.69. The summed E-state index contributed by atoms with van der Waals surface area (Å²) in [7, 11) is 0. The zero-order chi connectivity index (χ0) is 18.6. The van der Waals surface area contributed by atoms with E-state index in [-0.39, 0.29) is 17.7 Å². The number of fused-ring (bicyclic) bond motifs is 1. The van der Waals surface area contributed by atoms with Crippen molar-refractivity contribution in [1.29, 1.82) is 0 Å². The summed E-state index contributed by atoms with van der Waals surface area (Å²) in [5.41, 5.74) is 2.19. The minimum atomic E-state index is 0.00516. The van der Waals surface area contributed by atoms with E-state index in [9.17, 15) is 9.59 Å². The second-order valence-electron chi connectivity index (χ2n) is 7.36. The highest BCUT2D eigenvalue weighted by atomic mass is 32.1. The Hall–Kier alpha value is -2.21. The molecule has 1 saturated heterocycles. The molecule has 0 bridgehead atoms. The van der Waals surface area contributed by atoms with Gasteiger partial charge in [0.25, 0.3) is 5.91 Å². The highest BCUT2D eigenvalue weighted by Crippen LogP contribution is 2.33. The van der Waals surface area contributed by atoms with Crippen molar-refractivity contribution in [2.45, 2.75) is 38.5 Å². The van der Waals surface area contributed by atoms with Crippen molar-refractivity contribution in [3.05, 3.63) is 51.5 Å². The van der Waals surface area contributed by atoms with Gasteiger partial charge in [0.1, 0.15) is 0 Å². The molecule has 0 radical (unpaired) electrons. The van der Waals surface area contributed by atoms with Gasteiger partial charge in [0.15, 0.2) is 0 Å². The minimum Gasteiger partial charge on any atom is -0.355 e. The van der Waals surface area contributed by atoms with Gasteiger partial charge in [-0.1, -0.05) is 6.07 Å². The Morgan fingerprint density at radius 1 is 1.26 bits per heavy atom. The Kier molecular flexibility index (Phi) is 5.53. The lowest BCUT2D eigenvalue weighted by molar-refractivity contribution is -0.125. The van der Waals surface area contributed by atoms with Crippen LogP contribution >= 0.6 is 11.3 Å². The number of nitrogens with one attached hydrogen (secondary N) is 1. The minimum absolute atomic E-state index is 0.00516. The van der Waals surface area contributed by atoms with Crippen LogP contribution in [-0.4, -0.2) is 41.3 Å². The maximum atomic E-state index is 12.6. The fourth-order valence-electron chi connectivity index (χ4n) is 3.93. The van der Waals surface area contributed by atoms with Crippen LogP contribution < -0.4 is 5.32 Å². The lowest BCUT2D eigenvalue weighted by Crippen LogP contribution is -2.35. The molecule has 2 aromatic rings. The van der Waals surface area contributed by atoms with E-state index in [2.05, 4.69) is 10.3 Å². The van der Waals surface area contributed by atoms with Crippen molar-refractivity contribution in [2.24, 2.45) is 5.92 Å². The number of carbonyl (C=O) groups excluding carboxylic acids is 2. The van der Waals surface area contributed by atoms with E-state index >= 15 is 0 Å². The third-order valence-electron chi connectivity index (χ3n) is 5.46. The Morgan fingerprint density at radius 2 is 2.11 bits per heavy atom. The number of nitrogens with zero attached hydrogens (tertiary/aromatic N) is 2. The van der Waals surface area contributed by atoms with Gasteiger partial charge in [-0.25, -0.2) is 0 Å². The van der Waals surface area contributed by atoms with E-state index in [1.807, 2.05) is 29.2 Å². The molecule has 1 atom stereocenters. The predicted octanol–water partition coefficient (Wildman–Crippen LogP) is 2.84. The maximum Gasteiger partial charge on any atom is 0.263 e. The topological polar surface area (TPSA) is 62.3 Å². The average Bonchev–Trinajstić information content (AvgIpc) is 3.37. The van der Waals surface area contributed by atoms with Gasteiger partial charge in [-0.3, -0.25) is 14.6 Å². The summed E-state index contributed by atoms with van der Waals surface area (Å²) in [5, 5.41) is 3.06. The molecule has 1 fully saturated rings. The maximum absolute atomic E-state index is 12.6. The molecule has 0 unspecified atom stereocenters. The molecule has 1 aliphatic heterocycles. The number of hydrogen-bond donors (Lipinski definition) is 1. The van der Waals surface area contributed by atoms with Gasteiger partial charge >= 0.3 is 0 Å². The van der Waals surface area contributed by atoms with Gasteiger partial charge in [-0.05, 0) is 55.9 Å². The van der Waals surface area contributed by atoms with Crippen LogP contribution in [-0.2, 0) is 24.1 Å². The highest BCUT2D eigenvalue weighted by molar-refractivity contribution is 7.14. The van der Waals surface area contributed by atoms with Gasteiger partial charge < -0.3 is 10.2 Å². The van der Waals surface area contributed by atoms with Crippen LogP contribution in [0.15, 0.2) is 30.5 Å². The monoisotopic (exact) mass is 383 g/mol. The second kappa shape index (κ2) is 8.21. The molecular weight excluding hydrogens is 358 g/mol. The highest BCUT2D eigenvalue weighted by Gasteiger charge is 2.29. The summed E-state index contributed by atoms with van der Waals surface area (Å²) in [6, 6.07) is 7.87. The molecule has 1 aliphatic carbocycles. The normalized spacial score (nSPS) is 19.0. The van der Waals surface area contributed by atoms with E-state index in [1.54, 1.807) is 17.5 Å². The molecule has 6 heteroatoms. The zero-order valence-corrected chi connectivity index (χ0v) is 16.3. The van der Waals surface area contributed by atoms with E-state index in [0.717, 1.165) is 62.2 Å². The standard InChI is InChI=1S/C21H25N3O2S/c25-20(23-10-8-17-5-1-2-9-22-17)15-6-7-18-16(13-15)14-19(27-18)21(26)24-11-3-4-12-24/h1-2,5,9,14-15H,3-4,6-8,10-13H2,(H,23,25)/t15-/m1/s1. The van der Waals surface area contributed by atoms with Gasteiger partial charge in [-0.2, -0.15) is 0 Å². The van der Waals surface area contributed by atoms with Crippen molar-refractivity contribution < 1.29 is 9.59 Å². The number of likely N-dealkylation sites (tertiary alicyclic amines) is 1. The average molecular weight is 384 g/mol. The number of aromatic nitrogens is 1. The molecule has 2 aromatic heterocycles. The first kappa shape index (κ1) is 18.2. The lowest BCUT2D eigenvalue weighted by Gasteiger charge is -2.21. The first-order chi connectivity index (χ1) is 13.2. The second-order valence-corrected chi connectivity index (χ2v) is 8.50. The van der Waals surface area contributed by atoms with Crippen molar-refractivity contribution in [1.82, 2.24) is 15.2 Å². The molecule has 27 heavy (non-hydrogen) atoms. The Bertz CT molecular complexity index is 812. The molecule has 2 amide bonds. The number of hydrogen-bond acceptors (Lipinski definition) is 4. The van der Waals surface area contributed by atoms with Crippen LogP contribution in [0.1, 0.15) is 45.1 Å². The van der Waals surface area contributed by atoms with Crippen LogP contribution in [0.2, 0.25) is 0 Å². The summed E-state index contributed by atoms with van der Waals surface area (Å²) in [6.45, 7) is 2.37. The van der Waals surface area contributed by atoms with Crippen molar-refractivity contribution in [3.63, 3.8) is 0 Å². The fourth-order valence-corrected chi connectivity index (χ4v) is 5.11. The van der Waals surface area contributed by atoms with Gasteiger partial charge in [0, 0.05) is 48.7 Å². The molecule has 0 spiro atoms. The van der Waals surface area contributed by atoms with Crippen LogP contribution in [0.25, 0.3) is 0 Å². The summed E-state index contributed by atoms with van der Waals surface area (Å²) in [6.07, 6.45) is 7.24. The molecule has 0 saturated carbocycles. The van der Waals surface area contributed by atoms with E-state index in [0.29, 0.717) is 6.54 Å². The molecule has 4 rings (SSSR count). The van der Waals surface area contributed by atoms with Crippen LogP contribution in [0.4, 0.5) is 0 Å². The quantitative estimate of drug-likeness (QED) is 0.864. The lowest BCUT2D eigenvalue weighted by atomic mass is 9.87. The Morgan fingerprint density at radius 3 is 2.89 bits per heavy atom. The predicted molar refractivity (Wildman–Crippen MR) is 106 cm³/mol. The first-order valence-corrected chi connectivity index (χ1v) is 10.6. The number of thiophene rings is 1. The number of rotatable bonds is 5. The van der Waals surface area contributed by atoms with E-state index in [4.69, 9.17) is 0 Å². The molecule has 2 aliphatic rings. The Balaban J connectivity index is 1.32. The number of amides is 2. The van der Waals surface area contributed by atoms with Crippen LogP contribution in [0, 0.1) is 5.92 Å². The molecular formula is C21H25N3O2S. The van der Waals surface area contributed by atoms with E-state index in [1.165, 1.54) is 10.4 Å². The largest absolute Gasteiger partial charge is 0.355 e. The summed E-state index contributed by atoms with van der Waals surface area (Å²) >= 11 is 1.63. The van der Waals surface area contributed by atoms with Gasteiger partial charge in [0.05, 0.1) is 4.88 Å². The molecule has 5 nitrogen and oxygen atoms in total. The number of pyridine rings is 1. The van der Waals surface area contributed by atoms with Crippen LogP contribution in [0.3, 0.4) is 0 Å². The summed E-state index contributed by atoms with van der Waals surface area (Å²) in [5.74, 6) is 0.295. The fraction of sp³-hybridized carbons (Fsp3) is 0.476. The molecule has 3 heterocycles. The SMILES string of the molecule is O=C(NCCc1ccccn1)[C@@H]1CCc2sc(C(=O)N3CCCC3)cc2C1. The van der Waals surface area contributed by atoms with Crippen molar-refractivity contribution in [3.8, 4) is 0 Å². The number of aryl methyl sites for hydroxylation is 1. The smallest absolute Gasteiger partial charge is 0.263 e. The zero-order valence-electron chi connectivity index (χ0n) is 15.4.